The summed E-state index contributed by atoms with van der Waals surface area (Å²) in [4.78, 5) is 0.358. The van der Waals surface area contributed by atoms with Crippen LogP contribution in [0.15, 0.2) is 22.7 Å². The summed E-state index contributed by atoms with van der Waals surface area (Å²) >= 11 is 7.36. The predicted octanol–water partition coefficient (Wildman–Crippen LogP) is 4.71. The Labute approximate surface area is 125 Å². The average molecular weight is 378 g/mol. The van der Waals surface area contributed by atoms with Gasteiger partial charge in [0.15, 0.2) is 0 Å². The lowest BCUT2D eigenvalue weighted by Gasteiger charge is -2.17. The zero-order valence-electron chi connectivity index (χ0n) is 10.5. The van der Waals surface area contributed by atoms with Crippen LogP contribution in [0.25, 0.3) is 0 Å². The summed E-state index contributed by atoms with van der Waals surface area (Å²) in [6.45, 7) is 4.59. The summed E-state index contributed by atoms with van der Waals surface area (Å²) in [6.07, 6.45) is 2.15. The van der Waals surface area contributed by atoms with Gasteiger partial charge in [0, 0.05) is 17.4 Å². The lowest BCUT2D eigenvalue weighted by molar-refractivity contribution is 0.185. The largest absolute Gasteiger partial charge is 0.492 e. The van der Waals surface area contributed by atoms with Crippen molar-refractivity contribution in [2.75, 3.05) is 19.8 Å². The van der Waals surface area contributed by atoms with E-state index < -0.39 is 0 Å². The number of ether oxygens (including phenoxy) is 2. The minimum Gasteiger partial charge on any atom is -0.492 e. The molecule has 0 bridgehead atoms. The third-order valence-corrected chi connectivity index (χ3v) is 5.01. The summed E-state index contributed by atoms with van der Waals surface area (Å²) in [6, 6.07) is 6.31. The number of halogens is 2. The van der Waals surface area contributed by atoms with Gasteiger partial charge in [-0.1, -0.05) is 28.9 Å². The van der Waals surface area contributed by atoms with Crippen molar-refractivity contribution in [2.24, 2.45) is 5.92 Å². The fourth-order valence-electron chi connectivity index (χ4n) is 2.07. The average Bonchev–Trinajstić information content (AvgIpc) is 2.90. The van der Waals surface area contributed by atoms with Crippen molar-refractivity contribution in [1.29, 1.82) is 0 Å². The van der Waals surface area contributed by atoms with Crippen LogP contribution in [0.3, 0.4) is 0 Å². The van der Waals surface area contributed by atoms with Gasteiger partial charge in [-0.2, -0.15) is 0 Å². The first kappa shape index (κ1) is 14.4. The molecule has 1 aliphatic heterocycles. The zero-order valence-corrected chi connectivity index (χ0v) is 13.7. The highest BCUT2D eigenvalue weighted by Crippen LogP contribution is 2.38. The van der Waals surface area contributed by atoms with Crippen LogP contribution in [0.4, 0.5) is 0 Å². The Morgan fingerprint density at radius 3 is 2.94 bits per heavy atom. The molecule has 0 aromatic heterocycles. The molecule has 18 heavy (non-hydrogen) atoms. The standard InChI is InChI=1S/C14H18Br2O2/c1-2-6-18-13-4-3-10(8-12(13)15)14(16)11-5-7-17-9-11/h3-4,8,11,14H,2,5-7,9H2,1H3. The van der Waals surface area contributed by atoms with Crippen LogP contribution in [0.2, 0.25) is 0 Å². The molecule has 0 radical (unpaired) electrons. The third kappa shape index (κ3) is 3.49. The van der Waals surface area contributed by atoms with Gasteiger partial charge < -0.3 is 9.47 Å². The normalized spacial score (nSPS) is 20.9. The second-order valence-corrected chi connectivity index (χ2v) is 6.40. The Morgan fingerprint density at radius 2 is 2.33 bits per heavy atom. The van der Waals surface area contributed by atoms with Crippen molar-refractivity contribution in [3.8, 4) is 5.75 Å². The van der Waals surface area contributed by atoms with Gasteiger partial charge in [-0.05, 0) is 46.5 Å². The maximum atomic E-state index is 5.66. The number of benzene rings is 1. The lowest BCUT2D eigenvalue weighted by atomic mass is 9.98. The second kappa shape index (κ2) is 6.92. The Bertz CT molecular complexity index is 389. The van der Waals surface area contributed by atoms with Crippen molar-refractivity contribution in [2.45, 2.75) is 24.6 Å². The molecule has 1 aliphatic rings. The first-order chi connectivity index (χ1) is 8.72. The quantitative estimate of drug-likeness (QED) is 0.691. The number of hydrogen-bond acceptors (Lipinski definition) is 2. The summed E-state index contributed by atoms with van der Waals surface area (Å²) in [5, 5.41) is 0. The Balaban J connectivity index is 2.07. The molecule has 2 unspecified atom stereocenters. The van der Waals surface area contributed by atoms with Crippen molar-refractivity contribution in [3.63, 3.8) is 0 Å². The van der Waals surface area contributed by atoms with Crippen LogP contribution in [-0.2, 0) is 4.74 Å². The van der Waals surface area contributed by atoms with E-state index in [-0.39, 0.29) is 0 Å². The van der Waals surface area contributed by atoms with Gasteiger partial charge in [0.05, 0.1) is 17.7 Å². The van der Waals surface area contributed by atoms with E-state index in [1.165, 1.54) is 5.56 Å². The molecular formula is C14H18Br2O2. The Morgan fingerprint density at radius 1 is 1.50 bits per heavy atom. The van der Waals surface area contributed by atoms with E-state index >= 15 is 0 Å². The van der Waals surface area contributed by atoms with Crippen molar-refractivity contribution in [1.82, 2.24) is 0 Å². The predicted molar refractivity (Wildman–Crippen MR) is 80.5 cm³/mol. The molecule has 0 aliphatic carbocycles. The fourth-order valence-corrected chi connectivity index (χ4v) is 3.29. The first-order valence-corrected chi connectivity index (χ1v) is 8.07. The van der Waals surface area contributed by atoms with Gasteiger partial charge in [-0.3, -0.25) is 0 Å². The molecule has 1 heterocycles. The molecule has 2 atom stereocenters. The van der Waals surface area contributed by atoms with Gasteiger partial charge in [0.1, 0.15) is 5.75 Å². The van der Waals surface area contributed by atoms with Crippen molar-refractivity contribution >= 4 is 31.9 Å². The van der Waals surface area contributed by atoms with E-state index in [2.05, 4.69) is 50.9 Å². The molecular weight excluding hydrogens is 360 g/mol. The number of hydrogen-bond donors (Lipinski definition) is 0. The molecule has 1 aromatic carbocycles. The molecule has 100 valence electrons. The van der Waals surface area contributed by atoms with Crippen LogP contribution in [-0.4, -0.2) is 19.8 Å². The van der Waals surface area contributed by atoms with E-state index in [1.54, 1.807) is 0 Å². The molecule has 0 spiro atoms. The van der Waals surface area contributed by atoms with Crippen molar-refractivity contribution < 1.29 is 9.47 Å². The molecule has 4 heteroatoms. The minimum absolute atomic E-state index is 0.358. The van der Waals surface area contributed by atoms with Gasteiger partial charge in [0.2, 0.25) is 0 Å². The maximum absolute atomic E-state index is 5.66. The van der Waals surface area contributed by atoms with Gasteiger partial charge >= 0.3 is 0 Å². The van der Waals surface area contributed by atoms with Crippen molar-refractivity contribution in [3.05, 3.63) is 28.2 Å². The first-order valence-electron chi connectivity index (χ1n) is 6.36. The zero-order chi connectivity index (χ0) is 13.0. The summed E-state index contributed by atoms with van der Waals surface area (Å²) in [5.74, 6) is 1.49. The highest BCUT2D eigenvalue weighted by molar-refractivity contribution is 9.10. The second-order valence-electron chi connectivity index (χ2n) is 4.56. The van der Waals surface area contributed by atoms with Crippen LogP contribution >= 0.6 is 31.9 Å². The van der Waals surface area contributed by atoms with Gasteiger partial charge in [0.25, 0.3) is 0 Å². The third-order valence-electron chi connectivity index (χ3n) is 3.11. The molecule has 1 saturated heterocycles. The van der Waals surface area contributed by atoms with E-state index in [4.69, 9.17) is 9.47 Å². The maximum Gasteiger partial charge on any atom is 0.133 e. The van der Waals surface area contributed by atoms with Crippen LogP contribution in [0.1, 0.15) is 30.2 Å². The molecule has 0 saturated carbocycles. The molecule has 1 aromatic rings. The Hall–Kier alpha value is -0.0600. The van der Waals surface area contributed by atoms with Crippen LogP contribution < -0.4 is 4.74 Å². The monoisotopic (exact) mass is 376 g/mol. The molecule has 2 nitrogen and oxygen atoms in total. The highest BCUT2D eigenvalue weighted by Gasteiger charge is 2.25. The molecule has 0 amide bonds. The molecule has 2 rings (SSSR count). The smallest absolute Gasteiger partial charge is 0.133 e. The van der Waals surface area contributed by atoms with Gasteiger partial charge in [-0.15, -0.1) is 0 Å². The highest BCUT2D eigenvalue weighted by atomic mass is 79.9. The topological polar surface area (TPSA) is 18.5 Å². The molecule has 0 N–H and O–H groups in total. The van der Waals surface area contributed by atoms with E-state index in [9.17, 15) is 0 Å². The number of rotatable bonds is 5. The van der Waals surface area contributed by atoms with E-state index in [0.29, 0.717) is 10.7 Å². The van der Waals surface area contributed by atoms with E-state index in [1.807, 2.05) is 6.07 Å². The summed E-state index contributed by atoms with van der Waals surface area (Å²) in [5.41, 5.74) is 1.28. The van der Waals surface area contributed by atoms with Crippen LogP contribution in [0.5, 0.6) is 5.75 Å². The molecule has 1 fully saturated rings. The van der Waals surface area contributed by atoms with Crippen LogP contribution in [0, 0.1) is 5.92 Å². The Kier molecular flexibility index (Phi) is 5.52. The number of alkyl halides is 1. The van der Waals surface area contributed by atoms with E-state index in [0.717, 1.165) is 42.9 Å². The summed E-state index contributed by atoms with van der Waals surface area (Å²) < 4.78 is 12.1. The lowest BCUT2D eigenvalue weighted by Crippen LogP contribution is -2.07. The van der Waals surface area contributed by atoms with Gasteiger partial charge in [-0.25, -0.2) is 0 Å². The summed E-state index contributed by atoms with van der Waals surface area (Å²) in [7, 11) is 0. The SMILES string of the molecule is CCCOc1ccc(C(Br)C2CCOC2)cc1Br. The minimum atomic E-state index is 0.358. The fraction of sp³-hybridized carbons (Fsp3) is 0.571.